The molecule has 0 aliphatic carbocycles. The van der Waals surface area contributed by atoms with Crippen LogP contribution in [0.4, 0.5) is 0 Å². The molecule has 0 bridgehead atoms. The molecular formula is C17H20N2O2S. The Morgan fingerprint density at radius 1 is 1.05 bits per heavy atom. The minimum absolute atomic E-state index is 0.246. The van der Waals surface area contributed by atoms with Crippen molar-refractivity contribution in [1.82, 2.24) is 4.72 Å². The third-order valence-electron chi connectivity index (χ3n) is 3.21. The standard InChI is InChI=1S/C17H20N2O2S/c1-14-8-10-17(11-9-14)22(20,21)19-15(2)18-13-12-16-6-4-3-5-7-16/h3-11H,12-13H2,1-2H3,(H,18,19). The highest BCUT2D eigenvalue weighted by Crippen LogP contribution is 2.09. The molecule has 0 aliphatic rings. The fourth-order valence-electron chi connectivity index (χ4n) is 2.00. The Hall–Kier alpha value is -2.14. The van der Waals surface area contributed by atoms with Crippen molar-refractivity contribution in [2.24, 2.45) is 4.99 Å². The Kier molecular flexibility index (Phi) is 5.33. The number of nitrogens with one attached hydrogen (secondary N) is 1. The molecule has 116 valence electrons. The van der Waals surface area contributed by atoms with Crippen LogP contribution in [0.2, 0.25) is 0 Å². The predicted molar refractivity (Wildman–Crippen MR) is 89.6 cm³/mol. The van der Waals surface area contributed by atoms with E-state index in [9.17, 15) is 8.42 Å². The average Bonchev–Trinajstić information content (AvgIpc) is 2.48. The van der Waals surface area contributed by atoms with Gasteiger partial charge in [0.1, 0.15) is 5.84 Å². The van der Waals surface area contributed by atoms with E-state index in [1.165, 1.54) is 5.56 Å². The highest BCUT2D eigenvalue weighted by Gasteiger charge is 2.13. The van der Waals surface area contributed by atoms with Crippen molar-refractivity contribution in [3.05, 3.63) is 65.7 Å². The number of aryl methyl sites for hydroxylation is 1. The van der Waals surface area contributed by atoms with E-state index in [0.717, 1.165) is 12.0 Å². The number of hydrogen-bond acceptors (Lipinski definition) is 3. The van der Waals surface area contributed by atoms with Crippen molar-refractivity contribution >= 4 is 15.9 Å². The molecule has 0 aromatic heterocycles. The fourth-order valence-corrected chi connectivity index (χ4v) is 3.07. The molecule has 0 saturated heterocycles. The summed E-state index contributed by atoms with van der Waals surface area (Å²) in [6.07, 6.45) is 0.782. The molecule has 0 saturated carbocycles. The monoisotopic (exact) mass is 316 g/mol. The number of aliphatic imine (C=N–C) groups is 1. The molecule has 22 heavy (non-hydrogen) atoms. The average molecular weight is 316 g/mol. The van der Waals surface area contributed by atoms with Crippen LogP contribution >= 0.6 is 0 Å². The third kappa shape index (κ3) is 4.70. The second-order valence-electron chi connectivity index (χ2n) is 5.12. The van der Waals surface area contributed by atoms with E-state index in [-0.39, 0.29) is 4.90 Å². The quantitative estimate of drug-likeness (QED) is 0.681. The van der Waals surface area contributed by atoms with Crippen molar-refractivity contribution in [1.29, 1.82) is 0 Å². The number of rotatable bonds is 5. The van der Waals surface area contributed by atoms with Crippen LogP contribution in [-0.4, -0.2) is 20.8 Å². The second-order valence-corrected chi connectivity index (χ2v) is 6.80. The number of benzene rings is 2. The van der Waals surface area contributed by atoms with Gasteiger partial charge in [-0.05, 0) is 38.0 Å². The third-order valence-corrected chi connectivity index (χ3v) is 4.66. The zero-order valence-corrected chi connectivity index (χ0v) is 13.6. The first-order valence-corrected chi connectivity index (χ1v) is 8.60. The van der Waals surface area contributed by atoms with Crippen molar-refractivity contribution in [2.75, 3.05) is 6.54 Å². The highest BCUT2D eigenvalue weighted by atomic mass is 32.2. The van der Waals surface area contributed by atoms with Gasteiger partial charge in [-0.3, -0.25) is 9.71 Å². The molecule has 0 atom stereocenters. The van der Waals surface area contributed by atoms with E-state index < -0.39 is 10.0 Å². The van der Waals surface area contributed by atoms with Crippen LogP contribution in [0.25, 0.3) is 0 Å². The molecule has 1 N–H and O–H groups in total. The minimum Gasteiger partial charge on any atom is -0.272 e. The van der Waals surface area contributed by atoms with Crippen molar-refractivity contribution in [2.45, 2.75) is 25.2 Å². The Bertz CT molecular complexity index is 736. The molecule has 2 aromatic carbocycles. The Balaban J connectivity index is 1.96. The second kappa shape index (κ2) is 7.22. The Labute approximate surface area is 132 Å². The van der Waals surface area contributed by atoms with Gasteiger partial charge in [-0.25, -0.2) is 8.42 Å². The lowest BCUT2D eigenvalue weighted by molar-refractivity contribution is 0.592. The molecule has 0 unspecified atom stereocenters. The Morgan fingerprint density at radius 3 is 2.32 bits per heavy atom. The molecule has 0 amide bonds. The van der Waals surface area contributed by atoms with Gasteiger partial charge in [0.2, 0.25) is 0 Å². The molecule has 2 aromatic rings. The number of hydrogen-bond donors (Lipinski definition) is 1. The summed E-state index contributed by atoms with van der Waals surface area (Å²) < 4.78 is 26.9. The minimum atomic E-state index is -3.55. The molecule has 4 nitrogen and oxygen atoms in total. The van der Waals surface area contributed by atoms with Crippen molar-refractivity contribution in [3.63, 3.8) is 0 Å². The van der Waals surface area contributed by atoms with Crippen molar-refractivity contribution in [3.8, 4) is 0 Å². The molecule has 0 fully saturated rings. The zero-order chi connectivity index (χ0) is 16.0. The van der Waals surface area contributed by atoms with Crippen molar-refractivity contribution < 1.29 is 8.42 Å². The van der Waals surface area contributed by atoms with Gasteiger partial charge in [0, 0.05) is 6.54 Å². The SMILES string of the molecule is CC(=NCCc1ccccc1)NS(=O)(=O)c1ccc(C)cc1. The van der Waals surface area contributed by atoms with E-state index in [1.807, 2.05) is 37.3 Å². The molecule has 2 rings (SSSR count). The van der Waals surface area contributed by atoms with E-state index in [4.69, 9.17) is 0 Å². The van der Waals surface area contributed by atoms with Crippen LogP contribution < -0.4 is 4.72 Å². The molecule has 5 heteroatoms. The topological polar surface area (TPSA) is 58.5 Å². The van der Waals surface area contributed by atoms with E-state index >= 15 is 0 Å². The maximum atomic E-state index is 12.2. The van der Waals surface area contributed by atoms with Gasteiger partial charge in [0.05, 0.1) is 4.90 Å². The predicted octanol–water partition coefficient (Wildman–Crippen LogP) is 2.93. The first-order valence-electron chi connectivity index (χ1n) is 7.12. The summed E-state index contributed by atoms with van der Waals surface area (Å²) in [5.74, 6) is 0.400. The van der Waals surface area contributed by atoms with E-state index in [0.29, 0.717) is 12.4 Å². The summed E-state index contributed by atoms with van der Waals surface area (Å²) >= 11 is 0. The molecule has 0 radical (unpaired) electrons. The van der Waals surface area contributed by atoms with Crippen LogP contribution in [0.3, 0.4) is 0 Å². The molecule has 0 spiro atoms. The van der Waals surface area contributed by atoms with E-state index in [1.54, 1.807) is 31.2 Å². The summed E-state index contributed by atoms with van der Waals surface area (Å²) in [6.45, 7) is 4.13. The van der Waals surface area contributed by atoms with Gasteiger partial charge in [0.25, 0.3) is 10.0 Å². The van der Waals surface area contributed by atoms with Crippen LogP contribution in [-0.2, 0) is 16.4 Å². The smallest absolute Gasteiger partial charge is 0.262 e. The summed E-state index contributed by atoms with van der Waals surface area (Å²) in [5.41, 5.74) is 2.20. The lowest BCUT2D eigenvalue weighted by atomic mass is 10.2. The summed E-state index contributed by atoms with van der Waals surface area (Å²) in [7, 11) is -3.55. The summed E-state index contributed by atoms with van der Waals surface area (Å²) in [6, 6.07) is 16.7. The van der Waals surface area contributed by atoms with E-state index in [2.05, 4.69) is 9.71 Å². The maximum Gasteiger partial charge on any atom is 0.262 e. The Morgan fingerprint density at radius 2 is 1.68 bits per heavy atom. The van der Waals surface area contributed by atoms with Gasteiger partial charge in [-0.15, -0.1) is 0 Å². The maximum absolute atomic E-state index is 12.2. The molecule has 0 heterocycles. The van der Waals surface area contributed by atoms with Crippen LogP contribution in [0.1, 0.15) is 18.1 Å². The van der Waals surface area contributed by atoms with Gasteiger partial charge in [0.15, 0.2) is 0 Å². The molecular weight excluding hydrogens is 296 g/mol. The molecule has 0 aliphatic heterocycles. The lowest BCUT2D eigenvalue weighted by Gasteiger charge is -2.08. The van der Waals surface area contributed by atoms with Gasteiger partial charge in [-0.1, -0.05) is 48.0 Å². The summed E-state index contributed by atoms with van der Waals surface area (Å²) in [4.78, 5) is 4.52. The first kappa shape index (κ1) is 16.2. The van der Waals surface area contributed by atoms with Gasteiger partial charge >= 0.3 is 0 Å². The number of amidine groups is 1. The van der Waals surface area contributed by atoms with Gasteiger partial charge < -0.3 is 0 Å². The van der Waals surface area contributed by atoms with Crippen LogP contribution in [0, 0.1) is 6.92 Å². The van der Waals surface area contributed by atoms with Crippen LogP contribution in [0.15, 0.2) is 64.5 Å². The lowest BCUT2D eigenvalue weighted by Crippen LogP contribution is -2.28. The fraction of sp³-hybridized carbons (Fsp3) is 0.235. The highest BCUT2D eigenvalue weighted by molar-refractivity contribution is 7.90. The van der Waals surface area contributed by atoms with Gasteiger partial charge in [-0.2, -0.15) is 0 Å². The summed E-state index contributed by atoms with van der Waals surface area (Å²) in [5, 5.41) is 0. The normalized spacial score (nSPS) is 12.2. The first-order chi connectivity index (χ1) is 10.5. The number of nitrogens with zero attached hydrogens (tertiary/aromatic N) is 1. The largest absolute Gasteiger partial charge is 0.272 e. The van der Waals surface area contributed by atoms with Crippen LogP contribution in [0.5, 0.6) is 0 Å². The number of sulfonamides is 1. The zero-order valence-electron chi connectivity index (χ0n) is 12.8.